The molecule has 0 atom stereocenters. The Morgan fingerprint density at radius 1 is 1.15 bits per heavy atom. The van der Waals surface area contributed by atoms with Crippen molar-refractivity contribution in [1.82, 2.24) is 15.0 Å². The van der Waals surface area contributed by atoms with Crippen molar-refractivity contribution in [3.63, 3.8) is 0 Å². The first-order valence-electron chi connectivity index (χ1n) is 7.18. The molecule has 2 aromatic rings. The van der Waals surface area contributed by atoms with E-state index in [9.17, 15) is 0 Å². The van der Waals surface area contributed by atoms with Crippen molar-refractivity contribution in [2.45, 2.75) is 33.6 Å². The third-order valence-corrected chi connectivity index (χ3v) is 2.87. The smallest absolute Gasteiger partial charge is 0.136 e. The molecule has 0 aliphatic rings. The minimum absolute atomic E-state index is 0.585. The fraction of sp³-hybridized carbons (Fsp3) is 0.438. The summed E-state index contributed by atoms with van der Waals surface area (Å²) in [6.07, 6.45) is 3.44. The average Bonchev–Trinajstić information content (AvgIpc) is 2.39. The predicted octanol–water partition coefficient (Wildman–Crippen LogP) is 3.09. The van der Waals surface area contributed by atoms with E-state index in [2.05, 4.69) is 41.0 Å². The van der Waals surface area contributed by atoms with Gasteiger partial charge in [0.15, 0.2) is 0 Å². The Kier molecular flexibility index (Phi) is 5.04. The van der Waals surface area contributed by atoms with Gasteiger partial charge in [-0.25, -0.2) is 9.97 Å². The van der Waals surface area contributed by atoms with Gasteiger partial charge in [0, 0.05) is 30.2 Å². The van der Waals surface area contributed by atoms with Crippen molar-refractivity contribution >= 4 is 5.82 Å². The van der Waals surface area contributed by atoms with E-state index in [-0.39, 0.29) is 0 Å². The van der Waals surface area contributed by atoms with Gasteiger partial charge >= 0.3 is 0 Å². The number of nitrogens with zero attached hydrogens (tertiary/aromatic N) is 3. The van der Waals surface area contributed by atoms with Crippen LogP contribution in [-0.2, 0) is 12.8 Å². The Morgan fingerprint density at radius 2 is 2.00 bits per heavy atom. The Hall–Kier alpha value is -1.97. The zero-order chi connectivity index (χ0) is 14.4. The summed E-state index contributed by atoms with van der Waals surface area (Å²) in [6.45, 7) is 7.34. The molecule has 2 aromatic heterocycles. The van der Waals surface area contributed by atoms with Crippen LogP contribution in [0.1, 0.15) is 38.0 Å². The van der Waals surface area contributed by atoms with Gasteiger partial charge < -0.3 is 5.32 Å². The van der Waals surface area contributed by atoms with Crippen LogP contribution in [0.4, 0.5) is 5.82 Å². The summed E-state index contributed by atoms with van der Waals surface area (Å²) in [5.74, 6) is 2.32. The molecule has 4 nitrogen and oxygen atoms in total. The van der Waals surface area contributed by atoms with Gasteiger partial charge in [-0.3, -0.25) is 4.98 Å². The molecule has 0 amide bonds. The molecule has 1 N–H and O–H groups in total. The molecule has 2 rings (SSSR count). The summed E-state index contributed by atoms with van der Waals surface area (Å²) in [7, 11) is 0. The van der Waals surface area contributed by atoms with E-state index < -0.39 is 0 Å². The molecule has 0 saturated carbocycles. The molecule has 0 saturated heterocycles. The van der Waals surface area contributed by atoms with Crippen LogP contribution in [-0.4, -0.2) is 21.5 Å². The molecule has 0 fully saturated rings. The summed E-state index contributed by atoms with van der Waals surface area (Å²) in [5.41, 5.74) is 2.09. The molecular formula is C16H22N4. The van der Waals surface area contributed by atoms with Crippen LogP contribution in [0.5, 0.6) is 0 Å². The molecule has 0 bridgehead atoms. The Balaban J connectivity index is 2.24. The van der Waals surface area contributed by atoms with E-state index in [1.807, 2.05) is 24.3 Å². The molecule has 0 aliphatic carbocycles. The van der Waals surface area contributed by atoms with Crippen molar-refractivity contribution < 1.29 is 0 Å². The molecule has 4 heteroatoms. The fourth-order valence-corrected chi connectivity index (χ4v) is 2.09. The SMILES string of the molecule is CCNc1cc(CC(C)C)nc(Cc2ccccn2)n1. The lowest BCUT2D eigenvalue weighted by atomic mass is 10.1. The normalized spacial score (nSPS) is 10.8. The second-order valence-electron chi connectivity index (χ2n) is 5.29. The summed E-state index contributed by atoms with van der Waals surface area (Å²) < 4.78 is 0. The van der Waals surface area contributed by atoms with Crippen LogP contribution in [0.2, 0.25) is 0 Å². The number of hydrogen-bond donors (Lipinski definition) is 1. The third kappa shape index (κ3) is 4.30. The predicted molar refractivity (Wildman–Crippen MR) is 81.8 cm³/mol. The van der Waals surface area contributed by atoms with Gasteiger partial charge in [-0.15, -0.1) is 0 Å². The van der Waals surface area contributed by atoms with Crippen molar-refractivity contribution in [3.05, 3.63) is 47.7 Å². The second kappa shape index (κ2) is 6.98. The lowest BCUT2D eigenvalue weighted by Crippen LogP contribution is -2.08. The molecule has 0 unspecified atom stereocenters. The highest BCUT2D eigenvalue weighted by Crippen LogP contribution is 2.13. The van der Waals surface area contributed by atoms with E-state index in [4.69, 9.17) is 0 Å². The third-order valence-electron chi connectivity index (χ3n) is 2.87. The summed E-state index contributed by atoms with van der Waals surface area (Å²) in [5, 5.41) is 3.28. The summed E-state index contributed by atoms with van der Waals surface area (Å²) in [6, 6.07) is 7.96. The lowest BCUT2D eigenvalue weighted by Gasteiger charge is -2.10. The first-order chi connectivity index (χ1) is 9.67. The van der Waals surface area contributed by atoms with Crippen LogP contribution in [0.3, 0.4) is 0 Å². The molecule has 0 aliphatic heterocycles. The number of nitrogens with one attached hydrogen (secondary N) is 1. The minimum Gasteiger partial charge on any atom is -0.370 e. The number of aromatic nitrogens is 3. The van der Waals surface area contributed by atoms with Crippen molar-refractivity contribution in [3.8, 4) is 0 Å². The Labute approximate surface area is 120 Å². The van der Waals surface area contributed by atoms with E-state index in [1.54, 1.807) is 6.20 Å². The van der Waals surface area contributed by atoms with Crippen molar-refractivity contribution in [1.29, 1.82) is 0 Å². The number of anilines is 1. The molecule has 20 heavy (non-hydrogen) atoms. The molecule has 2 heterocycles. The summed E-state index contributed by atoms with van der Waals surface area (Å²) in [4.78, 5) is 13.6. The molecule has 0 aromatic carbocycles. The van der Waals surface area contributed by atoms with Gasteiger partial charge in [-0.2, -0.15) is 0 Å². The van der Waals surface area contributed by atoms with Gasteiger partial charge in [0.05, 0.1) is 6.42 Å². The second-order valence-corrected chi connectivity index (χ2v) is 5.29. The van der Waals surface area contributed by atoms with Gasteiger partial charge in [0.2, 0.25) is 0 Å². The maximum atomic E-state index is 4.66. The lowest BCUT2D eigenvalue weighted by molar-refractivity contribution is 0.631. The first-order valence-corrected chi connectivity index (χ1v) is 7.18. The molecular weight excluding hydrogens is 248 g/mol. The van der Waals surface area contributed by atoms with E-state index in [0.717, 1.165) is 36.0 Å². The number of rotatable bonds is 6. The van der Waals surface area contributed by atoms with E-state index in [0.29, 0.717) is 12.3 Å². The number of hydrogen-bond acceptors (Lipinski definition) is 4. The zero-order valence-electron chi connectivity index (χ0n) is 12.4. The van der Waals surface area contributed by atoms with Crippen molar-refractivity contribution in [2.75, 3.05) is 11.9 Å². The first kappa shape index (κ1) is 14.4. The monoisotopic (exact) mass is 270 g/mol. The fourth-order valence-electron chi connectivity index (χ4n) is 2.09. The highest BCUT2D eigenvalue weighted by Gasteiger charge is 2.07. The quantitative estimate of drug-likeness (QED) is 0.876. The molecule has 0 spiro atoms. The van der Waals surface area contributed by atoms with Crippen LogP contribution in [0, 0.1) is 5.92 Å². The van der Waals surface area contributed by atoms with Crippen molar-refractivity contribution in [2.24, 2.45) is 5.92 Å². The highest BCUT2D eigenvalue weighted by molar-refractivity contribution is 5.36. The maximum Gasteiger partial charge on any atom is 0.136 e. The van der Waals surface area contributed by atoms with Gasteiger partial charge in [0.1, 0.15) is 11.6 Å². The van der Waals surface area contributed by atoms with Crippen LogP contribution in [0.25, 0.3) is 0 Å². The number of pyridine rings is 1. The van der Waals surface area contributed by atoms with Crippen LogP contribution < -0.4 is 5.32 Å². The summed E-state index contributed by atoms with van der Waals surface area (Å²) >= 11 is 0. The van der Waals surface area contributed by atoms with Gasteiger partial charge in [-0.1, -0.05) is 19.9 Å². The molecule has 0 radical (unpaired) electrons. The zero-order valence-corrected chi connectivity index (χ0v) is 12.4. The van der Waals surface area contributed by atoms with E-state index in [1.165, 1.54) is 0 Å². The van der Waals surface area contributed by atoms with Gasteiger partial charge in [0.25, 0.3) is 0 Å². The van der Waals surface area contributed by atoms with E-state index >= 15 is 0 Å². The van der Waals surface area contributed by atoms with Crippen LogP contribution >= 0.6 is 0 Å². The van der Waals surface area contributed by atoms with Crippen LogP contribution in [0.15, 0.2) is 30.5 Å². The largest absolute Gasteiger partial charge is 0.370 e. The minimum atomic E-state index is 0.585. The molecule has 106 valence electrons. The highest BCUT2D eigenvalue weighted by atomic mass is 15.0. The standard InChI is InChI=1S/C16H22N4/c1-4-17-15-11-14(9-12(2)3)19-16(20-15)10-13-7-5-6-8-18-13/h5-8,11-12H,4,9-10H2,1-3H3,(H,17,19,20). The average molecular weight is 270 g/mol. The maximum absolute atomic E-state index is 4.66. The topological polar surface area (TPSA) is 50.7 Å². The van der Waals surface area contributed by atoms with Gasteiger partial charge in [-0.05, 0) is 31.4 Å². The Bertz CT molecular complexity index is 537. The Morgan fingerprint density at radius 3 is 2.65 bits per heavy atom.